The summed E-state index contributed by atoms with van der Waals surface area (Å²) < 4.78 is 25.3. The van der Waals surface area contributed by atoms with E-state index in [9.17, 15) is 13.2 Å². The number of para-hydroxylation sites is 2. The van der Waals surface area contributed by atoms with Gasteiger partial charge in [-0.15, -0.1) is 0 Å². The number of carbonyl (C=O) groups is 1. The van der Waals surface area contributed by atoms with Gasteiger partial charge >= 0.3 is 0 Å². The van der Waals surface area contributed by atoms with Gasteiger partial charge in [0.25, 0.3) is 5.91 Å². The summed E-state index contributed by atoms with van der Waals surface area (Å²) in [5, 5.41) is 10.4. The van der Waals surface area contributed by atoms with Crippen LogP contribution in [0.25, 0.3) is 10.9 Å². The second-order valence-electron chi connectivity index (χ2n) is 5.35. The van der Waals surface area contributed by atoms with Crippen LogP contribution in [-0.4, -0.2) is 30.8 Å². The van der Waals surface area contributed by atoms with E-state index < -0.39 is 10.0 Å². The molecule has 1 heterocycles. The predicted octanol–water partition coefficient (Wildman–Crippen LogP) is 1.86. The summed E-state index contributed by atoms with van der Waals surface area (Å²) in [6.45, 7) is 0.196. The lowest BCUT2D eigenvalue weighted by Gasteiger charge is -2.11. The van der Waals surface area contributed by atoms with Crippen molar-refractivity contribution in [3.05, 3.63) is 59.8 Å². The number of aromatic amines is 1. The summed E-state index contributed by atoms with van der Waals surface area (Å²) in [6, 6.07) is 12.3. The van der Waals surface area contributed by atoms with Gasteiger partial charge in [0, 0.05) is 11.9 Å². The maximum atomic E-state index is 12.4. The number of nitrogens with zero attached hydrogens (tertiary/aromatic N) is 1. The average molecular weight is 344 g/mol. The highest BCUT2D eigenvalue weighted by atomic mass is 32.2. The molecular weight excluding hydrogens is 328 g/mol. The first kappa shape index (κ1) is 16.0. The average Bonchev–Trinajstić information content (AvgIpc) is 3.00. The first-order valence-corrected chi connectivity index (χ1v) is 9.09. The molecule has 0 fully saturated rings. The van der Waals surface area contributed by atoms with Crippen molar-refractivity contribution >= 4 is 32.5 Å². The van der Waals surface area contributed by atoms with E-state index in [4.69, 9.17) is 0 Å². The second-order valence-corrected chi connectivity index (χ2v) is 7.10. The minimum atomic E-state index is -3.39. The van der Waals surface area contributed by atoms with E-state index in [2.05, 4.69) is 20.2 Å². The number of hydrogen-bond acceptors (Lipinski definition) is 4. The molecule has 0 spiro atoms. The van der Waals surface area contributed by atoms with E-state index in [1.807, 2.05) is 6.07 Å². The van der Waals surface area contributed by atoms with Crippen molar-refractivity contribution in [2.75, 3.05) is 11.0 Å². The molecule has 1 amide bonds. The Labute approximate surface area is 139 Å². The molecule has 0 aliphatic heterocycles. The SMILES string of the molecule is CS(=O)(=O)Nc1ccccc1CNC(=O)c1cccc2cn[nH]c12. The van der Waals surface area contributed by atoms with Crippen LogP contribution in [0.15, 0.2) is 48.7 Å². The van der Waals surface area contributed by atoms with E-state index in [0.717, 1.165) is 11.6 Å². The monoisotopic (exact) mass is 344 g/mol. The third kappa shape index (κ3) is 3.54. The zero-order chi connectivity index (χ0) is 17.2. The number of hydrogen-bond donors (Lipinski definition) is 3. The molecule has 3 rings (SSSR count). The smallest absolute Gasteiger partial charge is 0.253 e. The molecule has 7 nitrogen and oxygen atoms in total. The van der Waals surface area contributed by atoms with Crippen LogP contribution in [0.3, 0.4) is 0 Å². The van der Waals surface area contributed by atoms with Crippen LogP contribution in [0.1, 0.15) is 15.9 Å². The summed E-state index contributed by atoms with van der Waals surface area (Å²) in [5.74, 6) is -0.265. The fraction of sp³-hybridized carbons (Fsp3) is 0.125. The third-order valence-electron chi connectivity index (χ3n) is 3.47. The van der Waals surface area contributed by atoms with E-state index >= 15 is 0 Å². The Morgan fingerprint density at radius 1 is 1.17 bits per heavy atom. The normalized spacial score (nSPS) is 11.4. The van der Waals surface area contributed by atoms with Gasteiger partial charge in [0.05, 0.1) is 29.2 Å². The van der Waals surface area contributed by atoms with Crippen molar-refractivity contribution in [2.45, 2.75) is 6.54 Å². The fourth-order valence-corrected chi connectivity index (χ4v) is 3.00. The standard InChI is InChI=1S/C16H16N4O3S/c1-24(22,23)20-14-8-3-2-5-11(14)9-17-16(21)13-7-4-6-12-10-18-19-15(12)13/h2-8,10,20H,9H2,1H3,(H,17,21)(H,18,19). The molecule has 0 radical (unpaired) electrons. The van der Waals surface area contributed by atoms with Gasteiger partial charge in [-0.3, -0.25) is 14.6 Å². The van der Waals surface area contributed by atoms with Gasteiger partial charge in [-0.25, -0.2) is 8.42 Å². The Hall–Kier alpha value is -2.87. The van der Waals surface area contributed by atoms with Crippen molar-refractivity contribution in [1.82, 2.24) is 15.5 Å². The number of amides is 1. The minimum absolute atomic E-state index is 0.196. The van der Waals surface area contributed by atoms with Crippen molar-refractivity contribution in [3.63, 3.8) is 0 Å². The minimum Gasteiger partial charge on any atom is -0.348 e. The predicted molar refractivity (Wildman–Crippen MR) is 92.2 cm³/mol. The molecule has 3 aromatic rings. The number of carbonyl (C=O) groups excluding carboxylic acids is 1. The summed E-state index contributed by atoms with van der Waals surface area (Å²) in [4.78, 5) is 12.4. The number of aromatic nitrogens is 2. The molecule has 0 bridgehead atoms. The Kier molecular flexibility index (Phi) is 4.22. The number of H-pyrrole nitrogens is 1. The van der Waals surface area contributed by atoms with Crippen molar-refractivity contribution in [2.24, 2.45) is 0 Å². The Morgan fingerprint density at radius 3 is 2.75 bits per heavy atom. The Morgan fingerprint density at radius 2 is 1.96 bits per heavy atom. The van der Waals surface area contributed by atoms with Crippen LogP contribution < -0.4 is 10.0 Å². The van der Waals surface area contributed by atoms with Crippen molar-refractivity contribution in [3.8, 4) is 0 Å². The van der Waals surface area contributed by atoms with E-state index in [1.165, 1.54) is 0 Å². The highest BCUT2D eigenvalue weighted by molar-refractivity contribution is 7.92. The largest absolute Gasteiger partial charge is 0.348 e. The third-order valence-corrected chi connectivity index (χ3v) is 4.06. The molecule has 0 unspecified atom stereocenters. The Balaban J connectivity index is 1.79. The van der Waals surface area contributed by atoms with Gasteiger partial charge in [0.2, 0.25) is 10.0 Å². The topological polar surface area (TPSA) is 104 Å². The number of anilines is 1. The van der Waals surface area contributed by atoms with Gasteiger partial charge < -0.3 is 5.32 Å². The van der Waals surface area contributed by atoms with Gasteiger partial charge in [-0.05, 0) is 17.7 Å². The zero-order valence-corrected chi connectivity index (χ0v) is 13.7. The summed E-state index contributed by atoms with van der Waals surface area (Å²) in [5.41, 5.74) is 2.27. The molecule has 1 aromatic heterocycles. The summed E-state index contributed by atoms with van der Waals surface area (Å²) >= 11 is 0. The fourth-order valence-electron chi connectivity index (χ4n) is 2.40. The molecule has 0 aliphatic rings. The van der Waals surface area contributed by atoms with Crippen LogP contribution in [0.2, 0.25) is 0 Å². The lowest BCUT2D eigenvalue weighted by atomic mass is 10.1. The highest BCUT2D eigenvalue weighted by Crippen LogP contribution is 2.18. The van der Waals surface area contributed by atoms with Crippen LogP contribution in [0.5, 0.6) is 0 Å². The lowest BCUT2D eigenvalue weighted by molar-refractivity contribution is 0.0952. The van der Waals surface area contributed by atoms with Crippen molar-refractivity contribution < 1.29 is 13.2 Å². The van der Waals surface area contributed by atoms with E-state index in [1.54, 1.807) is 42.6 Å². The lowest BCUT2D eigenvalue weighted by Crippen LogP contribution is -2.24. The van der Waals surface area contributed by atoms with Gasteiger partial charge in [-0.1, -0.05) is 30.3 Å². The number of rotatable bonds is 5. The molecule has 0 atom stereocenters. The van der Waals surface area contributed by atoms with Crippen LogP contribution in [0.4, 0.5) is 5.69 Å². The van der Waals surface area contributed by atoms with E-state index in [0.29, 0.717) is 22.3 Å². The Bertz CT molecular complexity index is 995. The number of benzene rings is 2. The number of fused-ring (bicyclic) bond motifs is 1. The van der Waals surface area contributed by atoms with Gasteiger partial charge in [0.1, 0.15) is 0 Å². The summed E-state index contributed by atoms with van der Waals surface area (Å²) in [6.07, 6.45) is 2.73. The molecule has 2 aromatic carbocycles. The van der Waals surface area contributed by atoms with Crippen molar-refractivity contribution in [1.29, 1.82) is 0 Å². The molecular formula is C16H16N4O3S. The highest BCUT2D eigenvalue weighted by Gasteiger charge is 2.12. The quantitative estimate of drug-likeness (QED) is 0.657. The molecule has 3 N–H and O–H groups in total. The molecule has 0 saturated heterocycles. The molecule has 0 aliphatic carbocycles. The maximum Gasteiger partial charge on any atom is 0.253 e. The maximum absolute atomic E-state index is 12.4. The van der Waals surface area contributed by atoms with E-state index in [-0.39, 0.29) is 12.5 Å². The molecule has 0 saturated carbocycles. The van der Waals surface area contributed by atoms with Crippen LogP contribution >= 0.6 is 0 Å². The molecule has 24 heavy (non-hydrogen) atoms. The van der Waals surface area contributed by atoms with Crippen LogP contribution in [0, 0.1) is 0 Å². The molecule has 8 heteroatoms. The first-order valence-electron chi connectivity index (χ1n) is 7.20. The number of nitrogens with one attached hydrogen (secondary N) is 3. The van der Waals surface area contributed by atoms with Gasteiger partial charge in [0.15, 0.2) is 0 Å². The molecule has 124 valence electrons. The van der Waals surface area contributed by atoms with Gasteiger partial charge in [-0.2, -0.15) is 5.10 Å². The number of sulfonamides is 1. The first-order chi connectivity index (χ1) is 11.4. The second kappa shape index (κ2) is 6.32. The zero-order valence-electron chi connectivity index (χ0n) is 12.9. The van der Waals surface area contributed by atoms with Crippen LogP contribution in [-0.2, 0) is 16.6 Å². The summed E-state index contributed by atoms with van der Waals surface area (Å²) in [7, 11) is -3.39.